The molecule has 1 aromatic heterocycles. The number of aliphatic hydroxyl groups is 1. The van der Waals surface area contributed by atoms with E-state index in [4.69, 9.17) is 4.42 Å². The van der Waals surface area contributed by atoms with E-state index < -0.39 is 0 Å². The smallest absolute Gasteiger partial charge is 0.105 e. The highest BCUT2D eigenvalue weighted by Crippen LogP contribution is 2.23. The van der Waals surface area contributed by atoms with Gasteiger partial charge in [-0.25, -0.2) is 0 Å². The monoisotopic (exact) mass is 209 g/mol. The Hall–Kier alpha value is -0.800. The van der Waals surface area contributed by atoms with Crippen LogP contribution in [0.1, 0.15) is 19.1 Å². The summed E-state index contributed by atoms with van der Waals surface area (Å²) in [4.78, 5) is 0. The van der Waals surface area contributed by atoms with Crippen molar-refractivity contribution in [1.82, 2.24) is 5.32 Å². The number of aliphatic hydroxyl groups excluding tert-OH is 1. The molecule has 1 aromatic rings. The molecular weight excluding hydrogens is 190 g/mol. The summed E-state index contributed by atoms with van der Waals surface area (Å²) in [6.07, 6.45) is 3.69. The van der Waals surface area contributed by atoms with Crippen LogP contribution in [-0.4, -0.2) is 24.3 Å². The van der Waals surface area contributed by atoms with Crippen LogP contribution in [0.2, 0.25) is 0 Å². The minimum Gasteiger partial charge on any atom is -0.469 e. The summed E-state index contributed by atoms with van der Waals surface area (Å²) in [5.41, 5.74) is 0. The van der Waals surface area contributed by atoms with Crippen molar-refractivity contribution >= 4 is 0 Å². The summed E-state index contributed by atoms with van der Waals surface area (Å²) < 4.78 is 5.33. The minimum atomic E-state index is 0.267. The van der Waals surface area contributed by atoms with Gasteiger partial charge in [0.2, 0.25) is 0 Å². The van der Waals surface area contributed by atoms with Gasteiger partial charge in [0.1, 0.15) is 5.76 Å². The van der Waals surface area contributed by atoms with Crippen LogP contribution in [0.5, 0.6) is 0 Å². The molecule has 2 N–H and O–H groups in total. The molecule has 0 radical (unpaired) electrons. The Labute approximate surface area is 90.5 Å². The van der Waals surface area contributed by atoms with E-state index >= 15 is 0 Å². The van der Waals surface area contributed by atoms with Gasteiger partial charge >= 0.3 is 0 Å². The van der Waals surface area contributed by atoms with Gasteiger partial charge in [0.05, 0.1) is 6.26 Å². The number of nitrogens with one attached hydrogen (secondary N) is 1. The van der Waals surface area contributed by atoms with Crippen LogP contribution >= 0.6 is 0 Å². The predicted octanol–water partition coefficient (Wildman–Crippen LogP) is 1.43. The number of furan rings is 1. The largest absolute Gasteiger partial charge is 0.469 e. The molecule has 84 valence electrons. The third kappa shape index (κ3) is 2.61. The summed E-state index contributed by atoms with van der Waals surface area (Å²) in [5.74, 6) is 2.02. The predicted molar refractivity (Wildman–Crippen MR) is 58.6 cm³/mol. The Balaban J connectivity index is 1.95. The highest BCUT2D eigenvalue weighted by atomic mass is 16.3. The fraction of sp³-hybridized carbons (Fsp3) is 0.667. The van der Waals surface area contributed by atoms with E-state index in [9.17, 15) is 5.11 Å². The Bertz CT molecular complexity index is 284. The fourth-order valence-electron chi connectivity index (χ4n) is 2.37. The molecule has 1 aliphatic heterocycles. The standard InChI is InChI=1S/C12H19NO2/c1-9-5-10(8-14)12(13-7-9)6-11-3-2-4-15-11/h2-4,9-10,12-14H,5-8H2,1H3. The molecule has 1 saturated heterocycles. The summed E-state index contributed by atoms with van der Waals surface area (Å²) in [7, 11) is 0. The van der Waals surface area contributed by atoms with Crippen LogP contribution < -0.4 is 5.32 Å². The van der Waals surface area contributed by atoms with Crippen molar-refractivity contribution in [1.29, 1.82) is 0 Å². The van der Waals surface area contributed by atoms with Crippen LogP contribution in [0.25, 0.3) is 0 Å². The summed E-state index contributed by atoms with van der Waals surface area (Å²) in [6, 6.07) is 4.26. The van der Waals surface area contributed by atoms with Crippen LogP contribution in [0.4, 0.5) is 0 Å². The van der Waals surface area contributed by atoms with Gasteiger partial charge < -0.3 is 14.8 Å². The van der Waals surface area contributed by atoms with Crippen molar-refractivity contribution < 1.29 is 9.52 Å². The van der Waals surface area contributed by atoms with E-state index in [1.165, 1.54) is 0 Å². The number of rotatable bonds is 3. The zero-order valence-electron chi connectivity index (χ0n) is 9.15. The van der Waals surface area contributed by atoms with Crippen LogP contribution in [0, 0.1) is 11.8 Å². The van der Waals surface area contributed by atoms with E-state index in [-0.39, 0.29) is 6.61 Å². The third-order valence-corrected chi connectivity index (χ3v) is 3.24. The molecule has 0 amide bonds. The Morgan fingerprint density at radius 2 is 2.47 bits per heavy atom. The SMILES string of the molecule is CC1CNC(Cc2ccco2)C(CO)C1. The Morgan fingerprint density at radius 3 is 3.13 bits per heavy atom. The average molecular weight is 209 g/mol. The molecule has 2 rings (SSSR count). The third-order valence-electron chi connectivity index (χ3n) is 3.24. The maximum atomic E-state index is 9.34. The minimum absolute atomic E-state index is 0.267. The van der Waals surface area contributed by atoms with Gasteiger partial charge in [-0.05, 0) is 36.9 Å². The topological polar surface area (TPSA) is 45.4 Å². The lowest BCUT2D eigenvalue weighted by Crippen LogP contribution is -2.47. The van der Waals surface area contributed by atoms with Crippen molar-refractivity contribution in [2.75, 3.05) is 13.2 Å². The average Bonchev–Trinajstić information content (AvgIpc) is 2.73. The molecule has 3 heteroatoms. The molecule has 0 saturated carbocycles. The highest BCUT2D eigenvalue weighted by molar-refractivity contribution is 5.02. The normalized spacial score (nSPS) is 31.7. The molecule has 0 bridgehead atoms. The maximum absolute atomic E-state index is 9.34. The maximum Gasteiger partial charge on any atom is 0.105 e. The van der Waals surface area contributed by atoms with E-state index in [0.29, 0.717) is 17.9 Å². The molecule has 3 unspecified atom stereocenters. The van der Waals surface area contributed by atoms with Crippen molar-refractivity contribution in [2.24, 2.45) is 11.8 Å². The molecule has 2 heterocycles. The van der Waals surface area contributed by atoms with E-state index in [1.807, 2.05) is 12.1 Å². The van der Waals surface area contributed by atoms with Crippen molar-refractivity contribution in [3.8, 4) is 0 Å². The lowest BCUT2D eigenvalue weighted by Gasteiger charge is -2.34. The summed E-state index contributed by atoms with van der Waals surface area (Å²) >= 11 is 0. The second kappa shape index (κ2) is 4.81. The first-order valence-corrected chi connectivity index (χ1v) is 5.66. The lowest BCUT2D eigenvalue weighted by atomic mass is 9.84. The summed E-state index contributed by atoms with van der Waals surface area (Å²) in [5, 5.41) is 12.8. The van der Waals surface area contributed by atoms with Gasteiger partial charge in [0, 0.05) is 19.1 Å². The molecule has 3 atom stereocenters. The molecular formula is C12H19NO2. The van der Waals surface area contributed by atoms with Gasteiger partial charge in [-0.3, -0.25) is 0 Å². The zero-order chi connectivity index (χ0) is 10.7. The second-order valence-electron chi connectivity index (χ2n) is 4.58. The highest BCUT2D eigenvalue weighted by Gasteiger charge is 2.28. The first-order chi connectivity index (χ1) is 7.29. The second-order valence-corrected chi connectivity index (χ2v) is 4.58. The molecule has 1 aliphatic rings. The molecule has 3 nitrogen and oxygen atoms in total. The molecule has 15 heavy (non-hydrogen) atoms. The van der Waals surface area contributed by atoms with Crippen LogP contribution in [-0.2, 0) is 6.42 Å². The quantitative estimate of drug-likeness (QED) is 0.791. The summed E-state index contributed by atoms with van der Waals surface area (Å²) in [6.45, 7) is 3.53. The van der Waals surface area contributed by atoms with Crippen molar-refractivity contribution in [2.45, 2.75) is 25.8 Å². The van der Waals surface area contributed by atoms with Crippen LogP contribution in [0.15, 0.2) is 22.8 Å². The first kappa shape index (κ1) is 10.7. The molecule has 1 fully saturated rings. The Morgan fingerprint density at radius 1 is 1.60 bits per heavy atom. The van der Waals surface area contributed by atoms with Gasteiger partial charge in [-0.15, -0.1) is 0 Å². The molecule has 0 spiro atoms. The van der Waals surface area contributed by atoms with E-state index in [2.05, 4.69) is 12.2 Å². The van der Waals surface area contributed by atoms with E-state index in [0.717, 1.165) is 25.1 Å². The fourth-order valence-corrected chi connectivity index (χ4v) is 2.37. The van der Waals surface area contributed by atoms with Gasteiger partial charge in [-0.1, -0.05) is 6.92 Å². The van der Waals surface area contributed by atoms with Gasteiger partial charge in [0.25, 0.3) is 0 Å². The van der Waals surface area contributed by atoms with Crippen molar-refractivity contribution in [3.63, 3.8) is 0 Å². The van der Waals surface area contributed by atoms with Gasteiger partial charge in [-0.2, -0.15) is 0 Å². The molecule has 0 aliphatic carbocycles. The number of hydrogen-bond donors (Lipinski definition) is 2. The van der Waals surface area contributed by atoms with Crippen molar-refractivity contribution in [3.05, 3.63) is 24.2 Å². The lowest BCUT2D eigenvalue weighted by molar-refractivity contribution is 0.133. The van der Waals surface area contributed by atoms with Crippen LogP contribution in [0.3, 0.4) is 0 Å². The zero-order valence-corrected chi connectivity index (χ0v) is 9.15. The number of hydrogen-bond acceptors (Lipinski definition) is 3. The van der Waals surface area contributed by atoms with E-state index in [1.54, 1.807) is 6.26 Å². The first-order valence-electron chi connectivity index (χ1n) is 5.66. The molecule has 0 aromatic carbocycles. The van der Waals surface area contributed by atoms with Gasteiger partial charge in [0.15, 0.2) is 0 Å². The number of piperidine rings is 1. The Kier molecular flexibility index (Phi) is 3.44.